The highest BCUT2D eigenvalue weighted by Gasteiger charge is 2.33. The van der Waals surface area contributed by atoms with E-state index in [0.717, 1.165) is 43.2 Å². The van der Waals surface area contributed by atoms with Gasteiger partial charge in [0.05, 0.1) is 19.4 Å². The van der Waals surface area contributed by atoms with Gasteiger partial charge in [-0.3, -0.25) is 4.79 Å². The fourth-order valence-electron chi connectivity index (χ4n) is 4.42. The van der Waals surface area contributed by atoms with Crippen LogP contribution >= 0.6 is 0 Å². The van der Waals surface area contributed by atoms with Gasteiger partial charge >= 0.3 is 0 Å². The molecular weight excluding hydrogens is 332 g/mol. The quantitative estimate of drug-likeness (QED) is 0.898. The van der Waals surface area contributed by atoms with Crippen molar-refractivity contribution in [3.05, 3.63) is 24.0 Å². The van der Waals surface area contributed by atoms with E-state index < -0.39 is 0 Å². The predicted molar refractivity (Wildman–Crippen MR) is 97.5 cm³/mol. The van der Waals surface area contributed by atoms with Crippen molar-refractivity contribution in [1.29, 1.82) is 0 Å². The minimum atomic E-state index is -0.0893. The Morgan fingerprint density at radius 2 is 2.08 bits per heavy atom. The highest BCUT2D eigenvalue weighted by Crippen LogP contribution is 2.28. The molecule has 0 radical (unpaired) electrons. The van der Waals surface area contributed by atoms with Crippen LogP contribution < -0.4 is 10.2 Å². The van der Waals surface area contributed by atoms with E-state index in [2.05, 4.69) is 20.1 Å². The molecule has 0 spiro atoms. The third kappa shape index (κ3) is 3.05. The van der Waals surface area contributed by atoms with Crippen LogP contribution in [0.25, 0.3) is 11.0 Å². The number of nitrogens with zero attached hydrogens (tertiary/aromatic N) is 3. The Bertz CT molecular complexity index is 802. The monoisotopic (exact) mass is 356 g/mol. The number of morpholine rings is 1. The fraction of sp³-hybridized carbons (Fsp3) is 0.579. The molecule has 3 aliphatic heterocycles. The maximum atomic E-state index is 12.6. The smallest absolute Gasteiger partial charge is 0.270 e. The standard InChI is InChI=1S/C19H24N4O3/c24-19(21-15-7-13-1-2-22(11-13)12-15)16-8-14-9-18(26-17(14)10-20-16)23-3-5-25-6-4-23/h8-10,13,15H,1-7,11-12H2,(H,21,24)/t13-,15+/m0/s1. The molecule has 26 heavy (non-hydrogen) atoms. The zero-order valence-electron chi connectivity index (χ0n) is 14.8. The molecule has 0 aliphatic carbocycles. The molecule has 3 aliphatic rings. The first-order valence-corrected chi connectivity index (χ1v) is 9.50. The van der Waals surface area contributed by atoms with Crippen molar-refractivity contribution in [3.8, 4) is 0 Å². The molecule has 1 amide bonds. The molecule has 0 saturated carbocycles. The number of hydrogen-bond donors (Lipinski definition) is 1. The molecule has 3 atom stereocenters. The molecule has 3 saturated heterocycles. The lowest BCUT2D eigenvalue weighted by atomic mass is 9.97. The van der Waals surface area contributed by atoms with Crippen molar-refractivity contribution in [3.63, 3.8) is 0 Å². The van der Waals surface area contributed by atoms with Crippen LogP contribution in [-0.4, -0.2) is 67.8 Å². The number of pyridine rings is 1. The van der Waals surface area contributed by atoms with Crippen molar-refractivity contribution < 1.29 is 13.9 Å². The first kappa shape index (κ1) is 16.1. The summed E-state index contributed by atoms with van der Waals surface area (Å²) < 4.78 is 11.3. The first-order chi connectivity index (χ1) is 12.7. The maximum Gasteiger partial charge on any atom is 0.270 e. The minimum Gasteiger partial charge on any atom is -0.439 e. The summed E-state index contributed by atoms with van der Waals surface area (Å²) in [6.45, 7) is 6.37. The van der Waals surface area contributed by atoms with Gasteiger partial charge in [0, 0.05) is 43.7 Å². The SMILES string of the molecule is O=C(N[C@@H]1C[C@@H]2CCN(C2)C1)c1cc2cc(N3CCOCC3)oc2cn1. The minimum absolute atomic E-state index is 0.0893. The van der Waals surface area contributed by atoms with Crippen LogP contribution in [0.5, 0.6) is 0 Å². The second-order valence-corrected chi connectivity index (χ2v) is 7.61. The summed E-state index contributed by atoms with van der Waals surface area (Å²) in [7, 11) is 0. The number of carbonyl (C=O) groups excluding carboxylic acids is 1. The molecule has 2 aromatic heterocycles. The fourth-order valence-corrected chi connectivity index (χ4v) is 4.42. The maximum absolute atomic E-state index is 12.6. The molecule has 5 heterocycles. The number of aromatic nitrogens is 1. The Kier molecular flexibility index (Phi) is 4.05. The van der Waals surface area contributed by atoms with E-state index >= 15 is 0 Å². The van der Waals surface area contributed by atoms with Crippen LogP contribution in [0.2, 0.25) is 0 Å². The number of hydrogen-bond acceptors (Lipinski definition) is 6. The Labute approximate surface area is 152 Å². The van der Waals surface area contributed by atoms with Crippen molar-refractivity contribution >= 4 is 22.8 Å². The third-order valence-corrected chi connectivity index (χ3v) is 5.75. The van der Waals surface area contributed by atoms with E-state index in [0.29, 0.717) is 24.5 Å². The van der Waals surface area contributed by atoms with E-state index in [1.54, 1.807) is 6.20 Å². The summed E-state index contributed by atoms with van der Waals surface area (Å²) in [6.07, 6.45) is 4.00. The number of fused-ring (bicyclic) bond motifs is 3. The van der Waals surface area contributed by atoms with Gasteiger partial charge < -0.3 is 24.3 Å². The van der Waals surface area contributed by atoms with Gasteiger partial charge in [0.1, 0.15) is 5.69 Å². The van der Waals surface area contributed by atoms with Gasteiger partial charge in [-0.05, 0) is 31.4 Å². The van der Waals surface area contributed by atoms with E-state index in [9.17, 15) is 4.79 Å². The lowest BCUT2D eigenvalue weighted by Gasteiger charge is -2.30. The zero-order chi connectivity index (χ0) is 17.5. The van der Waals surface area contributed by atoms with Crippen LogP contribution in [0.4, 0.5) is 5.88 Å². The lowest BCUT2D eigenvalue weighted by molar-refractivity contribution is 0.0904. The van der Waals surface area contributed by atoms with Crippen LogP contribution in [0.1, 0.15) is 23.3 Å². The number of nitrogens with one attached hydrogen (secondary N) is 1. The predicted octanol–water partition coefficient (Wildman–Crippen LogP) is 1.49. The first-order valence-electron chi connectivity index (χ1n) is 9.50. The summed E-state index contributed by atoms with van der Waals surface area (Å²) >= 11 is 0. The third-order valence-electron chi connectivity index (χ3n) is 5.75. The molecule has 0 aromatic carbocycles. The largest absolute Gasteiger partial charge is 0.439 e. The van der Waals surface area contributed by atoms with Gasteiger partial charge in [0.25, 0.3) is 5.91 Å². The average molecular weight is 356 g/mol. The van der Waals surface area contributed by atoms with Gasteiger partial charge in [0.2, 0.25) is 0 Å². The van der Waals surface area contributed by atoms with Crippen LogP contribution in [-0.2, 0) is 4.74 Å². The number of piperidine rings is 1. The molecule has 138 valence electrons. The number of anilines is 1. The topological polar surface area (TPSA) is 70.8 Å². The van der Waals surface area contributed by atoms with Crippen LogP contribution in [0.3, 0.4) is 0 Å². The van der Waals surface area contributed by atoms with Crippen molar-refractivity contribution in [2.45, 2.75) is 18.9 Å². The normalized spacial score (nSPS) is 28.5. The number of amides is 1. The Hall–Kier alpha value is -2.12. The summed E-state index contributed by atoms with van der Waals surface area (Å²) in [5, 5.41) is 4.09. The Balaban J connectivity index is 1.31. The molecule has 5 rings (SSSR count). The van der Waals surface area contributed by atoms with Crippen molar-refractivity contribution in [2.75, 3.05) is 50.8 Å². The second kappa shape index (κ2) is 6.55. The van der Waals surface area contributed by atoms with E-state index in [-0.39, 0.29) is 11.9 Å². The van der Waals surface area contributed by atoms with Gasteiger partial charge in [-0.1, -0.05) is 0 Å². The zero-order valence-corrected chi connectivity index (χ0v) is 14.8. The molecule has 1 N–H and O–H groups in total. The van der Waals surface area contributed by atoms with Crippen LogP contribution in [0, 0.1) is 5.92 Å². The highest BCUT2D eigenvalue weighted by atomic mass is 16.5. The molecule has 2 aromatic rings. The lowest BCUT2D eigenvalue weighted by Crippen LogP contribution is -2.47. The summed E-state index contributed by atoms with van der Waals surface area (Å²) in [5.74, 6) is 1.46. The van der Waals surface area contributed by atoms with E-state index in [1.165, 1.54) is 19.5 Å². The van der Waals surface area contributed by atoms with Gasteiger partial charge in [-0.2, -0.15) is 0 Å². The molecular formula is C19H24N4O3. The summed E-state index contributed by atoms with van der Waals surface area (Å²) in [4.78, 5) is 21.6. The van der Waals surface area contributed by atoms with Crippen LogP contribution in [0.15, 0.2) is 22.7 Å². The Morgan fingerprint density at radius 3 is 2.92 bits per heavy atom. The molecule has 7 heteroatoms. The number of ether oxygens (including phenoxy) is 1. The van der Waals surface area contributed by atoms with E-state index in [4.69, 9.17) is 9.15 Å². The number of carbonyl (C=O) groups is 1. The van der Waals surface area contributed by atoms with Gasteiger partial charge in [-0.25, -0.2) is 4.98 Å². The summed E-state index contributed by atoms with van der Waals surface area (Å²) in [5.41, 5.74) is 1.17. The van der Waals surface area contributed by atoms with Gasteiger partial charge in [-0.15, -0.1) is 0 Å². The number of rotatable bonds is 3. The highest BCUT2D eigenvalue weighted by molar-refractivity contribution is 5.96. The summed E-state index contributed by atoms with van der Waals surface area (Å²) in [6, 6.07) is 4.05. The second-order valence-electron chi connectivity index (χ2n) is 7.61. The van der Waals surface area contributed by atoms with Crippen molar-refractivity contribution in [1.82, 2.24) is 15.2 Å². The number of furan rings is 1. The molecule has 1 unspecified atom stereocenters. The molecule has 2 bridgehead atoms. The van der Waals surface area contributed by atoms with E-state index in [1.807, 2.05) is 12.1 Å². The molecule has 3 fully saturated rings. The van der Waals surface area contributed by atoms with Gasteiger partial charge in [0.15, 0.2) is 11.5 Å². The average Bonchev–Trinajstić information content (AvgIpc) is 3.24. The Morgan fingerprint density at radius 1 is 1.19 bits per heavy atom. The molecule has 7 nitrogen and oxygen atoms in total. The van der Waals surface area contributed by atoms with Crippen molar-refractivity contribution in [2.24, 2.45) is 5.92 Å².